The van der Waals surface area contributed by atoms with Gasteiger partial charge in [0.1, 0.15) is 11.6 Å². The third kappa shape index (κ3) is 4.49. The topological polar surface area (TPSA) is 93.3 Å². The molecule has 138 valence electrons. The molecule has 0 aliphatic carbocycles. The van der Waals surface area contributed by atoms with Crippen LogP contribution in [0.5, 0.6) is 0 Å². The standard InChI is InChI=1S/C19H16FN3O4/c1-12(24)21-16-10-13(5-7-15(16)20)22-19(26)17-8-6-14(27-17)11-23-9-3-2-4-18(23)25/h2-10H,11H2,1H3,(H,21,24)(H,22,26). The van der Waals surface area contributed by atoms with Crippen molar-refractivity contribution in [3.63, 3.8) is 0 Å². The number of nitrogens with zero attached hydrogens (tertiary/aromatic N) is 1. The van der Waals surface area contributed by atoms with Crippen molar-refractivity contribution in [3.05, 3.63) is 82.4 Å². The van der Waals surface area contributed by atoms with Crippen molar-refractivity contribution in [1.82, 2.24) is 4.57 Å². The van der Waals surface area contributed by atoms with Gasteiger partial charge in [0.15, 0.2) is 5.76 Å². The first-order valence-electron chi connectivity index (χ1n) is 8.05. The van der Waals surface area contributed by atoms with Gasteiger partial charge in [-0.25, -0.2) is 4.39 Å². The minimum absolute atomic E-state index is 0.0381. The number of carbonyl (C=O) groups excluding carboxylic acids is 2. The molecule has 2 amide bonds. The van der Waals surface area contributed by atoms with Gasteiger partial charge in [-0.15, -0.1) is 0 Å². The van der Waals surface area contributed by atoms with Crippen LogP contribution in [-0.2, 0) is 11.3 Å². The van der Waals surface area contributed by atoms with E-state index in [4.69, 9.17) is 4.42 Å². The van der Waals surface area contributed by atoms with Gasteiger partial charge in [0, 0.05) is 24.9 Å². The van der Waals surface area contributed by atoms with Gasteiger partial charge in [-0.1, -0.05) is 6.07 Å². The average molecular weight is 369 g/mol. The third-order valence-corrected chi connectivity index (χ3v) is 3.65. The molecule has 0 fully saturated rings. The summed E-state index contributed by atoms with van der Waals surface area (Å²) in [7, 11) is 0. The molecular formula is C19H16FN3O4. The second kappa shape index (κ2) is 7.69. The normalized spacial score (nSPS) is 10.4. The number of anilines is 2. The van der Waals surface area contributed by atoms with E-state index in [1.54, 1.807) is 24.4 Å². The first kappa shape index (κ1) is 18.1. The van der Waals surface area contributed by atoms with E-state index in [0.29, 0.717) is 11.4 Å². The molecule has 0 aliphatic heterocycles. The molecule has 0 spiro atoms. The molecular weight excluding hydrogens is 353 g/mol. The Morgan fingerprint density at radius 3 is 2.67 bits per heavy atom. The molecule has 2 heterocycles. The predicted molar refractivity (Wildman–Crippen MR) is 97.2 cm³/mol. The maximum Gasteiger partial charge on any atom is 0.291 e. The number of carbonyl (C=O) groups is 2. The number of benzene rings is 1. The fourth-order valence-electron chi connectivity index (χ4n) is 2.43. The summed E-state index contributed by atoms with van der Waals surface area (Å²) in [5.41, 5.74) is 0.0722. The van der Waals surface area contributed by atoms with Gasteiger partial charge in [0.2, 0.25) is 5.91 Å². The van der Waals surface area contributed by atoms with Crippen molar-refractivity contribution >= 4 is 23.2 Å². The predicted octanol–water partition coefficient (Wildman–Crippen LogP) is 2.84. The second-order valence-electron chi connectivity index (χ2n) is 5.76. The van der Waals surface area contributed by atoms with E-state index in [2.05, 4.69) is 10.6 Å². The number of hydrogen-bond donors (Lipinski definition) is 2. The highest BCUT2D eigenvalue weighted by molar-refractivity contribution is 6.02. The van der Waals surface area contributed by atoms with Gasteiger partial charge in [-0.2, -0.15) is 0 Å². The van der Waals surface area contributed by atoms with Crippen molar-refractivity contribution in [2.75, 3.05) is 10.6 Å². The van der Waals surface area contributed by atoms with Crippen LogP contribution in [0.4, 0.5) is 15.8 Å². The molecule has 0 saturated heterocycles. The Morgan fingerprint density at radius 2 is 1.93 bits per heavy atom. The Kier molecular flexibility index (Phi) is 5.16. The molecule has 0 saturated carbocycles. The summed E-state index contributed by atoms with van der Waals surface area (Å²) < 4.78 is 20.6. The number of halogens is 1. The van der Waals surface area contributed by atoms with Crippen molar-refractivity contribution in [3.8, 4) is 0 Å². The van der Waals surface area contributed by atoms with Crippen LogP contribution in [-0.4, -0.2) is 16.4 Å². The molecule has 1 aromatic carbocycles. The van der Waals surface area contributed by atoms with Crippen molar-refractivity contribution < 1.29 is 18.4 Å². The van der Waals surface area contributed by atoms with Gasteiger partial charge in [-0.3, -0.25) is 14.4 Å². The smallest absolute Gasteiger partial charge is 0.291 e. The summed E-state index contributed by atoms with van der Waals surface area (Å²) in [6.07, 6.45) is 1.62. The lowest BCUT2D eigenvalue weighted by Crippen LogP contribution is -2.18. The molecule has 0 radical (unpaired) electrons. The fraction of sp³-hybridized carbons (Fsp3) is 0.105. The van der Waals surface area contributed by atoms with Gasteiger partial charge in [0.25, 0.3) is 11.5 Å². The van der Waals surface area contributed by atoms with E-state index < -0.39 is 17.6 Å². The summed E-state index contributed by atoms with van der Waals surface area (Å²) >= 11 is 0. The zero-order valence-electron chi connectivity index (χ0n) is 14.4. The molecule has 8 heteroatoms. The van der Waals surface area contributed by atoms with Crippen LogP contribution in [0, 0.1) is 5.82 Å². The monoisotopic (exact) mass is 369 g/mol. The molecule has 2 aromatic heterocycles. The van der Waals surface area contributed by atoms with E-state index in [9.17, 15) is 18.8 Å². The fourth-order valence-corrected chi connectivity index (χ4v) is 2.43. The van der Waals surface area contributed by atoms with Gasteiger partial charge < -0.3 is 19.6 Å². The third-order valence-electron chi connectivity index (χ3n) is 3.65. The van der Waals surface area contributed by atoms with Crippen LogP contribution in [0.25, 0.3) is 0 Å². The molecule has 0 atom stereocenters. The average Bonchev–Trinajstić information content (AvgIpc) is 3.08. The van der Waals surface area contributed by atoms with Crippen molar-refractivity contribution in [2.24, 2.45) is 0 Å². The van der Waals surface area contributed by atoms with Gasteiger partial charge in [0.05, 0.1) is 12.2 Å². The van der Waals surface area contributed by atoms with Crippen molar-refractivity contribution in [2.45, 2.75) is 13.5 Å². The van der Waals surface area contributed by atoms with E-state index in [0.717, 1.165) is 6.07 Å². The lowest BCUT2D eigenvalue weighted by Gasteiger charge is -2.08. The first-order valence-corrected chi connectivity index (χ1v) is 8.05. The maximum absolute atomic E-state index is 13.7. The van der Waals surface area contributed by atoms with Gasteiger partial charge in [-0.05, 0) is 36.4 Å². The molecule has 27 heavy (non-hydrogen) atoms. The molecule has 3 rings (SSSR count). The molecule has 7 nitrogen and oxygen atoms in total. The van der Waals surface area contributed by atoms with Crippen LogP contribution in [0.2, 0.25) is 0 Å². The minimum atomic E-state index is -0.614. The Morgan fingerprint density at radius 1 is 1.11 bits per heavy atom. The van der Waals surface area contributed by atoms with Gasteiger partial charge >= 0.3 is 0 Å². The van der Waals surface area contributed by atoms with E-state index in [-0.39, 0.29) is 23.6 Å². The summed E-state index contributed by atoms with van der Waals surface area (Å²) in [5, 5.41) is 4.91. The highest BCUT2D eigenvalue weighted by Gasteiger charge is 2.13. The largest absolute Gasteiger partial charge is 0.454 e. The molecule has 0 bridgehead atoms. The van der Waals surface area contributed by atoms with E-state index in [1.807, 2.05) is 0 Å². The summed E-state index contributed by atoms with van der Waals surface area (Å²) in [6.45, 7) is 1.45. The quantitative estimate of drug-likeness (QED) is 0.723. The Bertz CT molecular complexity index is 1050. The SMILES string of the molecule is CC(=O)Nc1cc(NC(=O)c2ccc(Cn3ccccc3=O)o2)ccc1F. The van der Waals surface area contributed by atoms with Crippen LogP contribution < -0.4 is 16.2 Å². The second-order valence-corrected chi connectivity index (χ2v) is 5.76. The first-order chi connectivity index (χ1) is 12.9. The number of aromatic nitrogens is 1. The van der Waals surface area contributed by atoms with Crippen LogP contribution in [0.1, 0.15) is 23.2 Å². The number of amides is 2. The lowest BCUT2D eigenvalue weighted by atomic mass is 10.2. The Labute approximate surface area is 153 Å². The molecule has 3 aromatic rings. The summed E-state index contributed by atoms with van der Waals surface area (Å²) in [6, 6.07) is 11.7. The Hall–Kier alpha value is -3.68. The highest BCUT2D eigenvalue weighted by Crippen LogP contribution is 2.20. The van der Waals surface area contributed by atoms with Crippen LogP contribution in [0.3, 0.4) is 0 Å². The summed E-state index contributed by atoms with van der Waals surface area (Å²) in [4.78, 5) is 35.1. The minimum Gasteiger partial charge on any atom is -0.454 e. The number of nitrogens with one attached hydrogen (secondary N) is 2. The maximum atomic E-state index is 13.7. The number of pyridine rings is 1. The Balaban J connectivity index is 1.72. The molecule has 0 unspecified atom stereocenters. The lowest BCUT2D eigenvalue weighted by molar-refractivity contribution is -0.114. The van der Waals surface area contributed by atoms with E-state index >= 15 is 0 Å². The number of rotatable bonds is 5. The number of furan rings is 1. The van der Waals surface area contributed by atoms with Crippen LogP contribution in [0.15, 0.2) is 63.9 Å². The summed E-state index contributed by atoms with van der Waals surface area (Å²) in [5.74, 6) is -1.10. The highest BCUT2D eigenvalue weighted by atomic mass is 19.1. The molecule has 2 N–H and O–H groups in total. The zero-order chi connectivity index (χ0) is 19.4. The van der Waals surface area contributed by atoms with Crippen molar-refractivity contribution in [1.29, 1.82) is 0 Å². The molecule has 0 aliphatic rings. The van der Waals surface area contributed by atoms with Crippen LogP contribution >= 0.6 is 0 Å². The number of hydrogen-bond acceptors (Lipinski definition) is 4. The van der Waals surface area contributed by atoms with E-state index in [1.165, 1.54) is 35.8 Å². The zero-order valence-corrected chi connectivity index (χ0v) is 14.4.